The van der Waals surface area contributed by atoms with Crippen LogP contribution in [0.4, 0.5) is 0 Å². The molecule has 0 heteroatoms. The van der Waals surface area contributed by atoms with Crippen molar-refractivity contribution in [1.82, 2.24) is 0 Å². The van der Waals surface area contributed by atoms with Crippen molar-refractivity contribution in [2.75, 3.05) is 0 Å². The van der Waals surface area contributed by atoms with Crippen LogP contribution in [-0.2, 0) is 0 Å². The van der Waals surface area contributed by atoms with Crippen LogP contribution < -0.4 is 0 Å². The van der Waals surface area contributed by atoms with Crippen molar-refractivity contribution in [2.24, 2.45) is 0 Å². The van der Waals surface area contributed by atoms with Crippen LogP contribution in [-0.4, -0.2) is 0 Å². The number of rotatable bonds is 4. The SMILES string of the molecule is [2H]c1c([2H])c([2H])c(-c2c([2H])c([2H])c3c(-c4c([2H])c([2H])c([2H])c([2H])c4[2H])c4c([2H])c([2H])c([2H])c([2H])c4c(-c4c([2H])c([2H])c(-c5c([2H])c([2H])c([2H])c6c([2H])c([2H])c([2H])c([2H])c56)c([2H])c4[2H])c3c2[2H])c([2H])c1[2H]. The highest BCUT2D eigenvalue weighted by molar-refractivity contribution is 6.22. The van der Waals surface area contributed by atoms with Crippen LogP contribution in [0.3, 0.4) is 0 Å². The molecule has 8 rings (SSSR count). The van der Waals surface area contributed by atoms with Gasteiger partial charge in [-0.05, 0) is 82.9 Å². The minimum atomic E-state index is -1.15. The van der Waals surface area contributed by atoms with Gasteiger partial charge in [0.15, 0.2) is 0 Å². The average Bonchev–Trinajstić information content (AvgIpc) is 3.32. The number of benzene rings is 8. The summed E-state index contributed by atoms with van der Waals surface area (Å²) in [5, 5.41) is -4.46. The summed E-state index contributed by atoms with van der Waals surface area (Å²) in [6, 6.07) is -27.7. The third kappa shape index (κ3) is 4.08. The molecule has 0 aromatic heterocycles. The topological polar surface area (TPSA) is 0 Å². The average molecular weight is 561 g/mol. The van der Waals surface area contributed by atoms with Crippen LogP contribution in [0.1, 0.15) is 38.4 Å². The number of hydrogen-bond acceptors (Lipinski definition) is 0. The van der Waals surface area contributed by atoms with Crippen LogP contribution in [0.15, 0.2) is 169 Å². The van der Waals surface area contributed by atoms with E-state index in [2.05, 4.69) is 0 Å². The van der Waals surface area contributed by atoms with E-state index < -0.39 is 246 Å². The summed E-state index contributed by atoms with van der Waals surface area (Å²) in [5.41, 5.74) is -6.67. The minimum Gasteiger partial charge on any atom is -0.0622 e. The summed E-state index contributed by atoms with van der Waals surface area (Å²) in [6.45, 7) is 0. The molecule has 0 heterocycles. The lowest BCUT2D eigenvalue weighted by Gasteiger charge is -2.19. The Hall–Kier alpha value is -5.46. The third-order valence-corrected chi connectivity index (χ3v) is 6.44. The smallest absolute Gasteiger partial charge is 0.0622 e. The molecule has 8 aromatic rings. The van der Waals surface area contributed by atoms with Gasteiger partial charge in [0, 0.05) is 0 Å². The minimum absolute atomic E-state index is 0.604. The van der Waals surface area contributed by atoms with Gasteiger partial charge in [-0.2, -0.15) is 0 Å². The van der Waals surface area contributed by atoms with Crippen LogP contribution in [0.2, 0.25) is 0 Å². The maximum absolute atomic E-state index is 9.86. The molecule has 0 nitrogen and oxygen atoms in total. The molecule has 0 unspecified atom stereocenters. The third-order valence-electron chi connectivity index (χ3n) is 6.44. The molecule has 0 spiro atoms. The molecule has 0 aliphatic rings. The first-order valence-corrected chi connectivity index (χ1v) is 12.2. The van der Waals surface area contributed by atoms with Crippen LogP contribution in [0.5, 0.6) is 0 Å². The van der Waals surface area contributed by atoms with E-state index in [1.165, 1.54) is 0 Å². The second kappa shape index (κ2) is 10.2. The highest BCUT2D eigenvalue weighted by atomic mass is 14.2. The van der Waals surface area contributed by atoms with Crippen molar-refractivity contribution in [3.05, 3.63) is 169 Å². The molecule has 8 aromatic carbocycles. The Morgan fingerprint density at radius 2 is 0.762 bits per heavy atom. The summed E-state index contributed by atoms with van der Waals surface area (Å²) < 4.78 is 249. The number of fused-ring (bicyclic) bond motifs is 3. The lowest BCUT2D eigenvalue weighted by Crippen LogP contribution is -1.92. The first-order valence-electron chi connectivity index (χ1n) is 26.2. The fourth-order valence-electron chi connectivity index (χ4n) is 4.66. The molecule has 0 aliphatic carbocycles. The van der Waals surface area contributed by atoms with Gasteiger partial charge < -0.3 is 0 Å². The highest BCUT2D eigenvalue weighted by Gasteiger charge is 2.17. The maximum Gasteiger partial charge on any atom is 0.0636 e. The second-order valence-corrected chi connectivity index (χ2v) is 8.75. The lowest BCUT2D eigenvalue weighted by molar-refractivity contribution is 1.62. The number of hydrogen-bond donors (Lipinski definition) is 0. The van der Waals surface area contributed by atoms with Crippen molar-refractivity contribution >= 4 is 32.3 Å². The van der Waals surface area contributed by atoms with E-state index in [0.717, 1.165) is 0 Å². The van der Waals surface area contributed by atoms with Gasteiger partial charge in [0.2, 0.25) is 0 Å². The molecule has 0 atom stereocenters. The van der Waals surface area contributed by atoms with Crippen molar-refractivity contribution in [2.45, 2.75) is 0 Å². The normalized spacial score (nSPS) is 20.7. The Morgan fingerprint density at radius 1 is 0.286 bits per heavy atom. The Bertz CT molecular complexity index is 3710. The van der Waals surface area contributed by atoms with Crippen molar-refractivity contribution in [1.29, 1.82) is 0 Å². The van der Waals surface area contributed by atoms with Gasteiger partial charge in [0.1, 0.15) is 0 Å². The van der Waals surface area contributed by atoms with Crippen molar-refractivity contribution in [3.63, 3.8) is 0 Å². The predicted octanol–water partition coefficient (Wildman–Crippen LogP) is 11.8. The molecular weight excluding hydrogens is 504 g/mol. The molecule has 0 saturated heterocycles. The van der Waals surface area contributed by atoms with E-state index in [9.17, 15) is 12.3 Å². The van der Waals surface area contributed by atoms with E-state index in [1.807, 2.05) is 0 Å². The molecule has 0 bridgehead atoms. The maximum atomic E-state index is 9.86. The molecule has 0 aliphatic heterocycles. The van der Waals surface area contributed by atoms with Gasteiger partial charge in [0.05, 0.1) is 38.4 Å². The van der Waals surface area contributed by atoms with Gasteiger partial charge in [-0.1, -0.05) is 163 Å². The highest BCUT2D eigenvalue weighted by Crippen LogP contribution is 2.45. The summed E-state index contributed by atoms with van der Waals surface area (Å²) in [6.07, 6.45) is 0. The van der Waals surface area contributed by atoms with E-state index in [4.69, 9.17) is 26.0 Å². The zero-order chi connectivity index (χ0) is 52.2. The van der Waals surface area contributed by atoms with E-state index in [-0.39, 0.29) is 0 Å². The standard InChI is InChI=1S/C42H28/c1-3-12-29(13-4-1)34-26-27-39-40(28-34)42(38-20-10-9-19-37(38)41(39)32-15-5-2-6-16-32)33-24-22-31(23-25-33)36-21-11-17-30-14-7-8-18-35(30)36/h1-28H/i1D,2D,3D,4D,5D,6D,7D,8D,9D,10D,11D,12D,13D,14D,15D,16D,17D,18D,19D,20D,21D,22D,23D,24D,25D,26D,27D,28D. The summed E-state index contributed by atoms with van der Waals surface area (Å²) in [7, 11) is 0. The largest absolute Gasteiger partial charge is 0.0636 e. The summed E-state index contributed by atoms with van der Waals surface area (Å²) in [5.74, 6) is 0. The first-order chi connectivity index (χ1) is 32.5. The Labute approximate surface area is 285 Å². The molecule has 0 fully saturated rings. The summed E-state index contributed by atoms with van der Waals surface area (Å²) >= 11 is 0. The van der Waals surface area contributed by atoms with Gasteiger partial charge in [-0.3, -0.25) is 0 Å². The predicted molar refractivity (Wildman–Crippen MR) is 181 cm³/mol. The Balaban J connectivity index is 1.74. The Kier molecular flexibility index (Phi) is 2.19. The van der Waals surface area contributed by atoms with E-state index in [1.54, 1.807) is 0 Å². The lowest BCUT2D eigenvalue weighted by atomic mass is 9.84. The fraction of sp³-hybridized carbons (Fsp3) is 0. The van der Waals surface area contributed by atoms with Crippen LogP contribution in [0.25, 0.3) is 76.8 Å². The zero-order valence-electron chi connectivity index (χ0n) is 49.0. The molecular formula is C42H28. The summed E-state index contributed by atoms with van der Waals surface area (Å²) in [4.78, 5) is 0. The monoisotopic (exact) mass is 560 g/mol. The van der Waals surface area contributed by atoms with E-state index >= 15 is 0 Å². The molecule has 42 heavy (non-hydrogen) atoms. The molecule has 0 radical (unpaired) electrons. The van der Waals surface area contributed by atoms with Gasteiger partial charge in [-0.25, -0.2) is 0 Å². The Morgan fingerprint density at radius 3 is 1.48 bits per heavy atom. The van der Waals surface area contributed by atoms with Crippen LogP contribution >= 0.6 is 0 Å². The fourth-order valence-corrected chi connectivity index (χ4v) is 4.66. The molecule has 0 amide bonds. The van der Waals surface area contributed by atoms with Gasteiger partial charge in [0.25, 0.3) is 0 Å². The van der Waals surface area contributed by atoms with Crippen molar-refractivity contribution < 1.29 is 38.4 Å². The molecule has 0 N–H and O–H groups in total. The second-order valence-electron chi connectivity index (χ2n) is 8.75. The van der Waals surface area contributed by atoms with Gasteiger partial charge in [-0.15, -0.1) is 0 Å². The van der Waals surface area contributed by atoms with E-state index in [0.29, 0.717) is 0 Å². The molecule has 0 saturated carbocycles. The van der Waals surface area contributed by atoms with Crippen molar-refractivity contribution in [3.8, 4) is 44.5 Å². The van der Waals surface area contributed by atoms with Crippen LogP contribution in [0, 0.1) is 0 Å². The quantitative estimate of drug-likeness (QED) is 0.188. The zero-order valence-corrected chi connectivity index (χ0v) is 21.0. The molecule has 196 valence electrons. The van der Waals surface area contributed by atoms with Gasteiger partial charge >= 0.3 is 0 Å². The first kappa shape index (κ1) is 9.02.